The molecule has 0 radical (unpaired) electrons. The van der Waals surface area contributed by atoms with Crippen LogP contribution >= 0.6 is 0 Å². The average molecular weight is 217 g/mol. The summed E-state index contributed by atoms with van der Waals surface area (Å²) >= 11 is 0. The lowest BCUT2D eigenvalue weighted by molar-refractivity contribution is -0.131. The first-order chi connectivity index (χ1) is 7.58. The normalized spacial score (nSPS) is 11.3. The molecule has 0 fully saturated rings. The minimum absolute atomic E-state index is 0.197. The molecule has 0 spiro atoms. The molecule has 0 aliphatic carbocycles. The summed E-state index contributed by atoms with van der Waals surface area (Å²) in [4.78, 5) is 10.4. The van der Waals surface area contributed by atoms with Crippen LogP contribution in [0.1, 0.15) is 5.56 Å². The van der Waals surface area contributed by atoms with E-state index < -0.39 is 5.97 Å². The van der Waals surface area contributed by atoms with E-state index in [9.17, 15) is 9.90 Å². The van der Waals surface area contributed by atoms with Gasteiger partial charge in [-0.3, -0.25) is 0 Å². The largest absolute Gasteiger partial charge is 0.508 e. The number of benzene rings is 1. The molecule has 1 heterocycles. The van der Waals surface area contributed by atoms with Gasteiger partial charge in [0.05, 0.1) is 5.52 Å². The van der Waals surface area contributed by atoms with Crippen LogP contribution in [0.5, 0.6) is 5.75 Å². The number of nitrogens with zero attached hydrogens (tertiary/aromatic N) is 1. The van der Waals surface area contributed by atoms with Gasteiger partial charge in [0.1, 0.15) is 5.75 Å². The quantitative estimate of drug-likeness (QED) is 0.756. The lowest BCUT2D eigenvalue weighted by Gasteiger charge is -1.96. The topological polar surface area (TPSA) is 62.5 Å². The Kier molecular flexibility index (Phi) is 2.40. The zero-order chi connectivity index (χ0) is 11.7. The molecule has 4 nitrogen and oxygen atoms in total. The zero-order valence-corrected chi connectivity index (χ0v) is 8.71. The third-order valence-electron chi connectivity index (χ3n) is 2.41. The standard InChI is InChI=1S/C12H11NO3/c1-13-7-8(2-5-12(15)16)10-4-3-9(14)6-11(10)13/h2-7,14H,1H3,(H,15,16)/b5-2-. The van der Waals surface area contributed by atoms with Crippen molar-refractivity contribution in [1.82, 2.24) is 4.57 Å². The third kappa shape index (κ3) is 1.77. The van der Waals surface area contributed by atoms with Gasteiger partial charge in [-0.1, -0.05) is 0 Å². The highest BCUT2D eigenvalue weighted by molar-refractivity contribution is 5.94. The van der Waals surface area contributed by atoms with Crippen LogP contribution < -0.4 is 0 Å². The third-order valence-corrected chi connectivity index (χ3v) is 2.41. The summed E-state index contributed by atoms with van der Waals surface area (Å²) in [5.74, 6) is -0.779. The molecule has 0 aliphatic rings. The predicted molar refractivity (Wildman–Crippen MR) is 61.3 cm³/mol. The molecule has 82 valence electrons. The Morgan fingerprint density at radius 3 is 2.88 bits per heavy atom. The number of carboxylic acids is 1. The maximum atomic E-state index is 10.4. The van der Waals surface area contributed by atoms with E-state index in [0.717, 1.165) is 22.5 Å². The number of carboxylic acid groups (broad SMARTS) is 1. The molecular weight excluding hydrogens is 206 g/mol. The summed E-state index contributed by atoms with van der Waals surface area (Å²) in [6.45, 7) is 0. The van der Waals surface area contributed by atoms with Crippen LogP contribution in [0.2, 0.25) is 0 Å². The van der Waals surface area contributed by atoms with Gasteiger partial charge in [0.15, 0.2) is 0 Å². The SMILES string of the molecule is Cn1cc(/C=C\C(=O)O)c2ccc(O)cc21. The fraction of sp³-hybridized carbons (Fsp3) is 0.0833. The van der Waals surface area contributed by atoms with E-state index in [2.05, 4.69) is 0 Å². The molecule has 0 aliphatic heterocycles. The molecule has 0 saturated heterocycles. The molecule has 2 rings (SSSR count). The van der Waals surface area contributed by atoms with E-state index in [1.54, 1.807) is 24.3 Å². The number of carbonyl (C=O) groups is 1. The van der Waals surface area contributed by atoms with Crippen molar-refractivity contribution in [3.63, 3.8) is 0 Å². The first-order valence-electron chi connectivity index (χ1n) is 4.77. The molecule has 2 N–H and O–H groups in total. The summed E-state index contributed by atoms with van der Waals surface area (Å²) in [6.07, 6.45) is 4.47. The van der Waals surface area contributed by atoms with E-state index in [4.69, 9.17) is 5.11 Å². The van der Waals surface area contributed by atoms with Gasteiger partial charge in [0.2, 0.25) is 0 Å². The molecule has 0 unspecified atom stereocenters. The van der Waals surface area contributed by atoms with E-state index in [1.807, 2.05) is 17.8 Å². The van der Waals surface area contributed by atoms with E-state index in [-0.39, 0.29) is 5.75 Å². The number of aromatic nitrogens is 1. The van der Waals surface area contributed by atoms with Gasteiger partial charge in [0.25, 0.3) is 0 Å². The number of rotatable bonds is 2. The summed E-state index contributed by atoms with van der Waals surface area (Å²) in [7, 11) is 1.85. The highest BCUT2D eigenvalue weighted by Crippen LogP contribution is 2.25. The molecule has 0 amide bonds. The van der Waals surface area contributed by atoms with Crippen LogP contribution in [0.3, 0.4) is 0 Å². The van der Waals surface area contributed by atoms with Crippen LogP contribution in [0, 0.1) is 0 Å². The highest BCUT2D eigenvalue weighted by atomic mass is 16.4. The van der Waals surface area contributed by atoms with Crippen LogP contribution in [-0.2, 0) is 11.8 Å². The maximum absolute atomic E-state index is 10.4. The van der Waals surface area contributed by atoms with E-state index in [1.165, 1.54) is 0 Å². The zero-order valence-electron chi connectivity index (χ0n) is 8.71. The van der Waals surface area contributed by atoms with Crippen LogP contribution in [-0.4, -0.2) is 20.7 Å². The first-order valence-corrected chi connectivity index (χ1v) is 4.77. The van der Waals surface area contributed by atoms with Gasteiger partial charge in [-0.25, -0.2) is 4.79 Å². The molecule has 16 heavy (non-hydrogen) atoms. The first kappa shape index (κ1) is 10.3. The number of phenolic OH excluding ortho intramolecular Hbond substituents is 1. The van der Waals surface area contributed by atoms with Crippen LogP contribution in [0.4, 0.5) is 0 Å². The van der Waals surface area contributed by atoms with Crippen molar-refractivity contribution in [3.8, 4) is 5.75 Å². The second-order valence-electron chi connectivity index (χ2n) is 3.57. The molecule has 0 saturated carbocycles. The fourth-order valence-electron chi connectivity index (χ4n) is 1.70. The summed E-state index contributed by atoms with van der Waals surface area (Å²) in [5, 5.41) is 18.8. The summed E-state index contributed by atoms with van der Waals surface area (Å²) in [6, 6.07) is 5.00. The van der Waals surface area contributed by atoms with Crippen LogP contribution in [0.15, 0.2) is 30.5 Å². The Bertz CT molecular complexity index is 581. The maximum Gasteiger partial charge on any atom is 0.328 e. The Morgan fingerprint density at radius 2 is 2.19 bits per heavy atom. The molecule has 2 aromatic rings. The minimum Gasteiger partial charge on any atom is -0.508 e. The second-order valence-corrected chi connectivity index (χ2v) is 3.57. The van der Waals surface area contributed by atoms with Crippen LogP contribution in [0.25, 0.3) is 17.0 Å². The summed E-state index contributed by atoms with van der Waals surface area (Å²) < 4.78 is 1.84. The van der Waals surface area contributed by atoms with Gasteiger partial charge in [0, 0.05) is 36.3 Å². The number of aliphatic carboxylic acids is 1. The number of hydrogen-bond donors (Lipinski definition) is 2. The number of aromatic hydroxyl groups is 1. The van der Waals surface area contributed by atoms with Crippen molar-refractivity contribution < 1.29 is 15.0 Å². The van der Waals surface area contributed by atoms with Crippen molar-refractivity contribution in [2.45, 2.75) is 0 Å². The molecule has 1 aromatic heterocycles. The number of phenols is 1. The Labute approximate surface area is 92.1 Å². The fourth-order valence-corrected chi connectivity index (χ4v) is 1.70. The van der Waals surface area contributed by atoms with Crippen molar-refractivity contribution in [3.05, 3.63) is 36.0 Å². The molecule has 0 atom stereocenters. The Balaban J connectivity index is 2.59. The smallest absolute Gasteiger partial charge is 0.328 e. The van der Waals surface area contributed by atoms with Crippen molar-refractivity contribution in [2.24, 2.45) is 7.05 Å². The molecule has 1 aromatic carbocycles. The van der Waals surface area contributed by atoms with Gasteiger partial charge in [-0.2, -0.15) is 0 Å². The van der Waals surface area contributed by atoms with Crippen molar-refractivity contribution in [2.75, 3.05) is 0 Å². The second kappa shape index (κ2) is 3.73. The number of hydrogen-bond acceptors (Lipinski definition) is 2. The average Bonchev–Trinajstić information content (AvgIpc) is 2.53. The lowest BCUT2D eigenvalue weighted by Crippen LogP contribution is -1.85. The number of fused-ring (bicyclic) bond motifs is 1. The monoisotopic (exact) mass is 217 g/mol. The van der Waals surface area contributed by atoms with E-state index in [0.29, 0.717) is 0 Å². The van der Waals surface area contributed by atoms with Crippen molar-refractivity contribution >= 4 is 22.9 Å². The Hall–Kier alpha value is -2.23. The Morgan fingerprint density at radius 1 is 1.44 bits per heavy atom. The molecule has 0 bridgehead atoms. The van der Waals surface area contributed by atoms with Gasteiger partial charge in [-0.15, -0.1) is 0 Å². The molecular formula is C12H11NO3. The highest BCUT2D eigenvalue weighted by Gasteiger charge is 2.04. The van der Waals surface area contributed by atoms with Gasteiger partial charge in [-0.05, 0) is 18.2 Å². The van der Waals surface area contributed by atoms with E-state index >= 15 is 0 Å². The van der Waals surface area contributed by atoms with Gasteiger partial charge < -0.3 is 14.8 Å². The van der Waals surface area contributed by atoms with Gasteiger partial charge >= 0.3 is 5.97 Å². The number of aryl methyl sites for hydroxylation is 1. The minimum atomic E-state index is -0.976. The molecule has 4 heteroatoms. The summed E-state index contributed by atoms with van der Waals surface area (Å²) in [5.41, 5.74) is 1.69. The van der Waals surface area contributed by atoms with Crippen molar-refractivity contribution in [1.29, 1.82) is 0 Å². The lowest BCUT2D eigenvalue weighted by atomic mass is 10.1. The predicted octanol–water partition coefficient (Wildman–Crippen LogP) is 1.98.